The number of hydrogen-bond acceptors (Lipinski definition) is 1. The van der Waals surface area contributed by atoms with Crippen molar-refractivity contribution in [1.29, 1.82) is 0 Å². The molecule has 0 N–H and O–H groups in total. The summed E-state index contributed by atoms with van der Waals surface area (Å²) in [5, 5.41) is 0. The molecular weight excluding hydrogens is 269 g/mol. The van der Waals surface area contributed by atoms with Crippen LogP contribution < -0.4 is 0 Å². The van der Waals surface area contributed by atoms with Gasteiger partial charge in [-0.05, 0) is 35.2 Å². The SMILES string of the molecule is Cc1c(Br)cnc(CC2CCCCC2)c1F. The van der Waals surface area contributed by atoms with Crippen LogP contribution >= 0.6 is 15.9 Å². The van der Waals surface area contributed by atoms with E-state index in [2.05, 4.69) is 20.9 Å². The van der Waals surface area contributed by atoms with E-state index >= 15 is 0 Å². The first-order valence-corrected chi connectivity index (χ1v) is 6.77. The summed E-state index contributed by atoms with van der Waals surface area (Å²) in [6.45, 7) is 1.80. The van der Waals surface area contributed by atoms with Gasteiger partial charge in [-0.15, -0.1) is 0 Å². The van der Waals surface area contributed by atoms with Gasteiger partial charge in [-0.3, -0.25) is 4.98 Å². The van der Waals surface area contributed by atoms with Gasteiger partial charge >= 0.3 is 0 Å². The van der Waals surface area contributed by atoms with Crippen LogP contribution in [-0.2, 0) is 6.42 Å². The number of rotatable bonds is 2. The van der Waals surface area contributed by atoms with Crippen molar-refractivity contribution in [2.45, 2.75) is 45.4 Å². The zero-order valence-electron chi connectivity index (χ0n) is 9.60. The lowest BCUT2D eigenvalue weighted by atomic mass is 9.86. The van der Waals surface area contributed by atoms with Crippen molar-refractivity contribution >= 4 is 15.9 Å². The Morgan fingerprint density at radius 2 is 2.06 bits per heavy atom. The summed E-state index contributed by atoms with van der Waals surface area (Å²) in [6, 6.07) is 0. The Bertz CT molecular complexity index is 372. The van der Waals surface area contributed by atoms with Crippen molar-refractivity contribution < 1.29 is 4.39 Å². The fourth-order valence-electron chi connectivity index (χ4n) is 2.42. The number of halogens is 2. The number of pyridine rings is 1. The first-order valence-electron chi connectivity index (χ1n) is 5.98. The van der Waals surface area contributed by atoms with E-state index in [9.17, 15) is 4.39 Å². The Kier molecular flexibility index (Phi) is 3.95. The van der Waals surface area contributed by atoms with Gasteiger partial charge in [-0.25, -0.2) is 4.39 Å². The summed E-state index contributed by atoms with van der Waals surface area (Å²) in [5.74, 6) is 0.510. The fraction of sp³-hybridized carbons (Fsp3) is 0.615. The van der Waals surface area contributed by atoms with Gasteiger partial charge in [0.1, 0.15) is 5.82 Å². The second-order valence-corrected chi connectivity index (χ2v) is 5.55. The zero-order chi connectivity index (χ0) is 11.5. The van der Waals surface area contributed by atoms with Gasteiger partial charge in [0.25, 0.3) is 0 Å². The summed E-state index contributed by atoms with van der Waals surface area (Å²) in [6.07, 6.45) is 8.92. The molecule has 1 aliphatic carbocycles. The van der Waals surface area contributed by atoms with Gasteiger partial charge in [0.15, 0.2) is 0 Å². The zero-order valence-corrected chi connectivity index (χ0v) is 11.2. The minimum absolute atomic E-state index is 0.125. The molecule has 0 bridgehead atoms. The van der Waals surface area contributed by atoms with E-state index in [1.54, 1.807) is 13.1 Å². The Morgan fingerprint density at radius 3 is 2.75 bits per heavy atom. The standard InChI is InChI=1S/C13H17BrFN/c1-9-11(14)8-16-12(13(9)15)7-10-5-3-2-4-6-10/h8,10H,2-7H2,1H3. The molecule has 0 aliphatic heterocycles. The molecule has 0 radical (unpaired) electrons. The van der Waals surface area contributed by atoms with Crippen LogP contribution in [0.15, 0.2) is 10.7 Å². The van der Waals surface area contributed by atoms with Crippen LogP contribution in [0.3, 0.4) is 0 Å². The normalized spacial score (nSPS) is 17.7. The van der Waals surface area contributed by atoms with Crippen LogP contribution in [0.5, 0.6) is 0 Å². The molecule has 0 aromatic carbocycles. The number of aromatic nitrogens is 1. The quantitative estimate of drug-likeness (QED) is 0.784. The third-order valence-corrected chi connectivity index (χ3v) is 4.28. The highest BCUT2D eigenvalue weighted by Crippen LogP contribution is 2.28. The summed E-state index contributed by atoms with van der Waals surface area (Å²) < 4.78 is 14.7. The smallest absolute Gasteiger partial charge is 0.148 e. The maximum Gasteiger partial charge on any atom is 0.148 e. The van der Waals surface area contributed by atoms with Crippen LogP contribution in [0, 0.1) is 18.7 Å². The molecule has 0 spiro atoms. The average molecular weight is 286 g/mol. The van der Waals surface area contributed by atoms with Crippen LogP contribution in [-0.4, -0.2) is 4.98 Å². The van der Waals surface area contributed by atoms with Crippen molar-refractivity contribution in [2.75, 3.05) is 0 Å². The maximum absolute atomic E-state index is 13.9. The maximum atomic E-state index is 13.9. The van der Waals surface area contributed by atoms with Gasteiger partial charge in [0, 0.05) is 16.2 Å². The molecular formula is C13H17BrFN. The van der Waals surface area contributed by atoms with Crippen molar-refractivity contribution in [1.82, 2.24) is 4.98 Å². The Hall–Kier alpha value is -0.440. The predicted octanol–water partition coefficient (Wildman–Crippen LogP) is 4.41. The molecule has 0 amide bonds. The topological polar surface area (TPSA) is 12.9 Å². The molecule has 1 aromatic rings. The molecule has 0 saturated heterocycles. The van der Waals surface area contributed by atoms with E-state index in [0.29, 0.717) is 17.2 Å². The van der Waals surface area contributed by atoms with Crippen LogP contribution in [0.4, 0.5) is 4.39 Å². The number of hydrogen-bond donors (Lipinski definition) is 0. The lowest BCUT2D eigenvalue weighted by Crippen LogP contribution is -2.12. The molecule has 16 heavy (non-hydrogen) atoms. The molecule has 1 fully saturated rings. The predicted molar refractivity (Wildman–Crippen MR) is 66.9 cm³/mol. The van der Waals surface area contributed by atoms with Crippen LogP contribution in [0.25, 0.3) is 0 Å². The fourth-order valence-corrected chi connectivity index (χ4v) is 2.69. The monoisotopic (exact) mass is 285 g/mol. The highest BCUT2D eigenvalue weighted by molar-refractivity contribution is 9.10. The van der Waals surface area contributed by atoms with Gasteiger partial charge in [-0.1, -0.05) is 32.1 Å². The minimum Gasteiger partial charge on any atom is -0.257 e. The van der Waals surface area contributed by atoms with Crippen molar-refractivity contribution in [3.05, 3.63) is 27.7 Å². The second kappa shape index (κ2) is 5.26. The van der Waals surface area contributed by atoms with E-state index in [1.807, 2.05) is 0 Å². The lowest BCUT2D eigenvalue weighted by molar-refractivity contribution is 0.349. The highest BCUT2D eigenvalue weighted by atomic mass is 79.9. The Labute approximate surface area is 105 Å². The average Bonchev–Trinajstić information content (AvgIpc) is 2.31. The molecule has 1 saturated carbocycles. The largest absolute Gasteiger partial charge is 0.257 e. The van der Waals surface area contributed by atoms with Gasteiger partial charge < -0.3 is 0 Å². The van der Waals surface area contributed by atoms with Crippen LogP contribution in [0.1, 0.15) is 43.4 Å². The van der Waals surface area contributed by atoms with Gasteiger partial charge in [0.2, 0.25) is 0 Å². The summed E-state index contributed by atoms with van der Waals surface area (Å²) >= 11 is 3.30. The van der Waals surface area contributed by atoms with E-state index in [-0.39, 0.29) is 5.82 Å². The lowest BCUT2D eigenvalue weighted by Gasteiger charge is -2.21. The third kappa shape index (κ3) is 2.62. The molecule has 88 valence electrons. The molecule has 2 rings (SSSR count). The third-order valence-electron chi connectivity index (χ3n) is 3.48. The highest BCUT2D eigenvalue weighted by Gasteiger charge is 2.18. The van der Waals surface area contributed by atoms with E-state index in [0.717, 1.165) is 10.9 Å². The first kappa shape index (κ1) is 12.0. The molecule has 0 atom stereocenters. The molecule has 1 aliphatic rings. The van der Waals surface area contributed by atoms with E-state index < -0.39 is 0 Å². The summed E-state index contributed by atoms with van der Waals surface area (Å²) in [5.41, 5.74) is 1.33. The van der Waals surface area contributed by atoms with Crippen molar-refractivity contribution in [2.24, 2.45) is 5.92 Å². The first-order chi connectivity index (χ1) is 7.68. The molecule has 1 nitrogen and oxygen atoms in total. The van der Waals surface area contributed by atoms with Crippen molar-refractivity contribution in [3.8, 4) is 0 Å². The molecule has 1 aromatic heterocycles. The van der Waals surface area contributed by atoms with E-state index in [4.69, 9.17) is 0 Å². The summed E-state index contributed by atoms with van der Waals surface area (Å²) in [7, 11) is 0. The Morgan fingerprint density at radius 1 is 1.38 bits per heavy atom. The summed E-state index contributed by atoms with van der Waals surface area (Å²) in [4.78, 5) is 4.21. The van der Waals surface area contributed by atoms with E-state index in [1.165, 1.54) is 32.1 Å². The Balaban J connectivity index is 2.11. The number of nitrogens with zero attached hydrogens (tertiary/aromatic N) is 1. The molecule has 0 unspecified atom stereocenters. The van der Waals surface area contributed by atoms with Crippen molar-refractivity contribution in [3.63, 3.8) is 0 Å². The molecule has 1 heterocycles. The van der Waals surface area contributed by atoms with Crippen LogP contribution in [0.2, 0.25) is 0 Å². The second-order valence-electron chi connectivity index (χ2n) is 4.70. The molecule has 3 heteroatoms. The minimum atomic E-state index is -0.125. The van der Waals surface area contributed by atoms with Gasteiger partial charge in [0.05, 0.1) is 5.69 Å². The van der Waals surface area contributed by atoms with Gasteiger partial charge in [-0.2, -0.15) is 0 Å².